The van der Waals surface area contributed by atoms with Gasteiger partial charge in [-0.15, -0.1) is 0 Å². The maximum atomic E-state index is 12.3. The Morgan fingerprint density at radius 3 is 2.26 bits per heavy atom. The largest absolute Gasteiger partial charge is 0.356 e. The van der Waals surface area contributed by atoms with Gasteiger partial charge in [0.15, 0.2) is 5.96 Å². The number of nitrogens with one attached hydrogen (secondary N) is 1. The molecule has 2 aliphatic heterocycles. The second kappa shape index (κ2) is 11.1. The second-order valence-electron chi connectivity index (χ2n) is 7.56. The van der Waals surface area contributed by atoms with E-state index in [0.29, 0.717) is 6.54 Å². The van der Waals surface area contributed by atoms with Gasteiger partial charge in [0.2, 0.25) is 11.8 Å². The predicted octanol–water partition coefficient (Wildman–Crippen LogP) is 0.0603. The molecule has 154 valence electrons. The molecule has 0 spiro atoms. The molecule has 0 unspecified atom stereocenters. The van der Waals surface area contributed by atoms with Crippen LogP contribution in [0.2, 0.25) is 0 Å². The first-order valence-corrected chi connectivity index (χ1v) is 10.2. The predicted molar refractivity (Wildman–Crippen MR) is 108 cm³/mol. The molecule has 0 aromatic rings. The summed E-state index contributed by atoms with van der Waals surface area (Å²) in [5, 5.41) is 3.40. The highest BCUT2D eigenvalue weighted by molar-refractivity contribution is 5.85. The third kappa shape index (κ3) is 7.01. The van der Waals surface area contributed by atoms with Gasteiger partial charge in [-0.2, -0.15) is 0 Å². The Morgan fingerprint density at radius 2 is 1.67 bits per heavy atom. The zero-order chi connectivity index (χ0) is 19.6. The van der Waals surface area contributed by atoms with Crippen LogP contribution in [0.1, 0.15) is 32.6 Å². The van der Waals surface area contributed by atoms with E-state index in [0.717, 1.165) is 77.5 Å². The van der Waals surface area contributed by atoms with Crippen LogP contribution >= 0.6 is 0 Å². The quantitative estimate of drug-likeness (QED) is 0.384. The molecule has 0 aromatic heterocycles. The maximum Gasteiger partial charge on any atom is 0.243 e. The molecule has 27 heavy (non-hydrogen) atoms. The summed E-state index contributed by atoms with van der Waals surface area (Å²) in [5.41, 5.74) is 0. The molecule has 2 aliphatic rings. The summed E-state index contributed by atoms with van der Waals surface area (Å²) in [5.74, 6) is 1.07. The molecular formula is C19H36N6O2. The number of likely N-dealkylation sites (tertiary alicyclic amines) is 1. The van der Waals surface area contributed by atoms with E-state index in [9.17, 15) is 9.59 Å². The molecule has 2 saturated heterocycles. The highest BCUT2D eigenvalue weighted by Crippen LogP contribution is 2.09. The highest BCUT2D eigenvalue weighted by Gasteiger charge is 2.24. The number of carbonyl (C=O) groups is 2. The Morgan fingerprint density at radius 1 is 1.00 bits per heavy atom. The number of hydrogen-bond donors (Lipinski definition) is 1. The van der Waals surface area contributed by atoms with E-state index < -0.39 is 0 Å². The highest BCUT2D eigenvalue weighted by atomic mass is 16.2. The van der Waals surface area contributed by atoms with Crippen molar-refractivity contribution in [2.75, 3.05) is 73.0 Å². The fraction of sp³-hybridized carbons (Fsp3) is 0.842. The van der Waals surface area contributed by atoms with Crippen LogP contribution in [-0.2, 0) is 9.59 Å². The fourth-order valence-electron chi connectivity index (χ4n) is 3.30. The van der Waals surface area contributed by atoms with Crippen LogP contribution in [0.15, 0.2) is 4.99 Å². The molecule has 0 aliphatic carbocycles. The number of piperazine rings is 1. The van der Waals surface area contributed by atoms with Crippen molar-refractivity contribution in [2.24, 2.45) is 4.99 Å². The zero-order valence-corrected chi connectivity index (χ0v) is 17.2. The van der Waals surface area contributed by atoms with Gasteiger partial charge in [-0.05, 0) is 19.3 Å². The van der Waals surface area contributed by atoms with Crippen molar-refractivity contribution >= 4 is 17.8 Å². The van der Waals surface area contributed by atoms with Crippen molar-refractivity contribution < 1.29 is 9.59 Å². The molecule has 1 N–H and O–H groups in total. The van der Waals surface area contributed by atoms with Gasteiger partial charge in [-0.25, -0.2) is 4.99 Å². The fourth-order valence-corrected chi connectivity index (χ4v) is 3.30. The summed E-state index contributed by atoms with van der Waals surface area (Å²) >= 11 is 0. The van der Waals surface area contributed by atoms with E-state index in [-0.39, 0.29) is 18.4 Å². The number of likely N-dealkylation sites (N-methyl/N-ethyl adjacent to an activating group) is 1. The average Bonchev–Trinajstić information content (AvgIpc) is 3.20. The Kier molecular flexibility index (Phi) is 8.84. The minimum Gasteiger partial charge on any atom is -0.356 e. The number of guanidine groups is 1. The summed E-state index contributed by atoms with van der Waals surface area (Å²) < 4.78 is 0. The third-order valence-corrected chi connectivity index (χ3v) is 5.17. The topological polar surface area (TPSA) is 71.5 Å². The lowest BCUT2D eigenvalue weighted by molar-refractivity contribution is -0.131. The Labute approximate surface area is 163 Å². The normalized spacial score (nSPS) is 18.7. The first-order valence-electron chi connectivity index (χ1n) is 10.2. The van der Waals surface area contributed by atoms with Crippen molar-refractivity contribution in [1.82, 2.24) is 24.9 Å². The van der Waals surface area contributed by atoms with Crippen LogP contribution in [0.25, 0.3) is 0 Å². The van der Waals surface area contributed by atoms with Crippen molar-refractivity contribution in [3.05, 3.63) is 0 Å². The molecule has 0 bridgehead atoms. The second-order valence-corrected chi connectivity index (χ2v) is 7.56. The minimum atomic E-state index is -0.000336. The minimum absolute atomic E-state index is 0.000336. The molecule has 2 fully saturated rings. The van der Waals surface area contributed by atoms with Crippen LogP contribution in [0, 0.1) is 0 Å². The van der Waals surface area contributed by atoms with E-state index in [1.54, 1.807) is 19.0 Å². The molecule has 0 radical (unpaired) electrons. The molecule has 2 heterocycles. The van der Waals surface area contributed by atoms with E-state index in [1.807, 2.05) is 4.90 Å². The zero-order valence-electron chi connectivity index (χ0n) is 17.2. The number of amides is 2. The molecular weight excluding hydrogens is 344 g/mol. The molecule has 8 heteroatoms. The third-order valence-electron chi connectivity index (χ3n) is 5.17. The van der Waals surface area contributed by atoms with E-state index in [2.05, 4.69) is 27.0 Å². The van der Waals surface area contributed by atoms with Crippen LogP contribution < -0.4 is 5.32 Å². The summed E-state index contributed by atoms with van der Waals surface area (Å²) in [6.45, 7) is 8.85. The van der Waals surface area contributed by atoms with Crippen LogP contribution in [0.5, 0.6) is 0 Å². The van der Waals surface area contributed by atoms with Gasteiger partial charge in [0.1, 0.15) is 6.54 Å². The van der Waals surface area contributed by atoms with Crippen molar-refractivity contribution in [1.29, 1.82) is 0 Å². The van der Waals surface area contributed by atoms with Gasteiger partial charge in [-0.3, -0.25) is 14.5 Å². The van der Waals surface area contributed by atoms with Crippen LogP contribution in [0.4, 0.5) is 0 Å². The maximum absolute atomic E-state index is 12.3. The first-order chi connectivity index (χ1) is 13.0. The van der Waals surface area contributed by atoms with Crippen LogP contribution in [0.3, 0.4) is 0 Å². The lowest BCUT2D eigenvalue weighted by Gasteiger charge is -2.36. The van der Waals surface area contributed by atoms with Crippen molar-refractivity contribution in [3.63, 3.8) is 0 Å². The van der Waals surface area contributed by atoms with E-state index >= 15 is 0 Å². The van der Waals surface area contributed by atoms with E-state index in [4.69, 9.17) is 0 Å². The Bertz CT molecular complexity index is 508. The number of aliphatic imine (C=N–C) groups is 1. The van der Waals surface area contributed by atoms with Crippen molar-refractivity contribution in [3.8, 4) is 0 Å². The van der Waals surface area contributed by atoms with E-state index in [1.165, 1.54) is 0 Å². The summed E-state index contributed by atoms with van der Waals surface area (Å²) in [4.78, 5) is 36.7. The molecule has 0 atom stereocenters. The summed E-state index contributed by atoms with van der Waals surface area (Å²) in [7, 11) is 3.50. The average molecular weight is 381 g/mol. The summed E-state index contributed by atoms with van der Waals surface area (Å²) in [6, 6.07) is 0. The van der Waals surface area contributed by atoms with Gasteiger partial charge >= 0.3 is 0 Å². The Balaban J connectivity index is 1.84. The monoisotopic (exact) mass is 380 g/mol. The van der Waals surface area contributed by atoms with Crippen LogP contribution in [-0.4, -0.2) is 110 Å². The number of unbranched alkanes of at least 4 members (excludes halogenated alkanes) is 1. The van der Waals surface area contributed by atoms with Gasteiger partial charge in [0.05, 0.1) is 6.54 Å². The number of rotatable bonds is 7. The number of nitrogens with zero attached hydrogens (tertiary/aromatic N) is 5. The van der Waals surface area contributed by atoms with Gasteiger partial charge < -0.3 is 20.0 Å². The van der Waals surface area contributed by atoms with Gasteiger partial charge in [0, 0.05) is 59.9 Å². The first kappa shape index (κ1) is 21.5. The lowest BCUT2D eigenvalue weighted by atomic mass is 10.3. The molecule has 0 saturated carbocycles. The number of carbonyl (C=O) groups excluding carboxylic acids is 2. The SMILES string of the molecule is CCCCNC(=NCC(=O)N(C)C)N1CCN(CC(=O)N2CCCC2)CC1. The smallest absolute Gasteiger partial charge is 0.243 e. The summed E-state index contributed by atoms with van der Waals surface area (Å²) in [6.07, 6.45) is 4.46. The number of hydrogen-bond acceptors (Lipinski definition) is 4. The van der Waals surface area contributed by atoms with Gasteiger partial charge in [0.25, 0.3) is 0 Å². The molecule has 2 amide bonds. The molecule has 0 aromatic carbocycles. The molecule has 2 rings (SSSR count). The molecule has 8 nitrogen and oxygen atoms in total. The lowest BCUT2D eigenvalue weighted by Crippen LogP contribution is -2.54. The van der Waals surface area contributed by atoms with Gasteiger partial charge in [-0.1, -0.05) is 13.3 Å². The standard InChI is InChI=1S/C19H36N6O2/c1-4-5-8-20-19(21-15-17(26)22(2)3)25-13-11-23(12-14-25)16-18(27)24-9-6-7-10-24/h4-16H2,1-3H3,(H,20,21). The van der Waals surface area contributed by atoms with Crippen molar-refractivity contribution in [2.45, 2.75) is 32.6 Å². The Hall–Kier alpha value is -1.83.